The molecule has 1 aromatic heterocycles. The number of nitro groups is 1. The normalized spacial score (nSPS) is 14.4. The minimum atomic E-state index is -0.534. The van der Waals surface area contributed by atoms with Crippen LogP contribution in [0.15, 0.2) is 77.5 Å². The molecule has 0 unspecified atom stereocenters. The molecule has 0 N–H and O–H groups in total. The van der Waals surface area contributed by atoms with Crippen molar-refractivity contribution in [2.24, 2.45) is 5.10 Å². The number of anilines is 1. The number of rotatable bonds is 6. The Hall–Kier alpha value is -4.53. The summed E-state index contributed by atoms with van der Waals surface area (Å²) >= 11 is 0. The van der Waals surface area contributed by atoms with Crippen molar-refractivity contribution in [3.8, 4) is 17.4 Å². The monoisotopic (exact) mass is 430 g/mol. The van der Waals surface area contributed by atoms with Gasteiger partial charge in [0.05, 0.1) is 29.0 Å². The van der Waals surface area contributed by atoms with E-state index in [4.69, 9.17) is 9.47 Å². The van der Waals surface area contributed by atoms with Crippen LogP contribution in [0.1, 0.15) is 12.5 Å². The van der Waals surface area contributed by atoms with Gasteiger partial charge in [0.1, 0.15) is 6.20 Å². The number of nitrogens with zero attached hydrogens (tertiary/aromatic N) is 4. The third-order valence-corrected chi connectivity index (χ3v) is 4.71. The Balaban J connectivity index is 1.57. The van der Waals surface area contributed by atoms with Gasteiger partial charge in [0.15, 0.2) is 11.5 Å². The van der Waals surface area contributed by atoms with Crippen LogP contribution in [0.25, 0.3) is 6.08 Å². The zero-order valence-electron chi connectivity index (χ0n) is 17.3. The van der Waals surface area contributed by atoms with Crippen LogP contribution in [0.2, 0.25) is 0 Å². The maximum atomic E-state index is 12.9. The maximum Gasteiger partial charge on any atom is 0.287 e. The summed E-state index contributed by atoms with van der Waals surface area (Å²) < 4.78 is 11.1. The Morgan fingerprint density at radius 3 is 2.50 bits per heavy atom. The van der Waals surface area contributed by atoms with E-state index in [0.29, 0.717) is 28.5 Å². The topological polar surface area (TPSA) is 107 Å². The van der Waals surface area contributed by atoms with Crippen LogP contribution in [-0.2, 0) is 4.79 Å². The summed E-state index contributed by atoms with van der Waals surface area (Å²) in [4.78, 5) is 27.1. The quantitative estimate of drug-likeness (QED) is 0.321. The second-order valence-corrected chi connectivity index (χ2v) is 6.82. The number of aromatic nitrogens is 1. The zero-order chi connectivity index (χ0) is 22.7. The molecular formula is C23H18N4O5. The van der Waals surface area contributed by atoms with Crippen molar-refractivity contribution in [3.63, 3.8) is 0 Å². The number of carbonyl (C=O) groups excluding carboxylic acids is 1. The number of hydrazone groups is 1. The molecule has 1 aliphatic rings. The lowest BCUT2D eigenvalue weighted by molar-refractivity contribution is -0.385. The van der Waals surface area contributed by atoms with E-state index in [-0.39, 0.29) is 17.5 Å². The standard InChI is InChI=1S/C23H18N4O5/c1-15-19(23(28)26(25-15)17-6-4-3-5-7-17)12-16-8-10-20(21(13-16)31-2)32-22-11-9-18(14-24-22)27(29)30/h3-14H,1-2H3. The fraction of sp³-hybridized carbons (Fsp3) is 0.0870. The van der Waals surface area contributed by atoms with Crippen molar-refractivity contribution >= 4 is 29.1 Å². The van der Waals surface area contributed by atoms with Crippen LogP contribution in [0.3, 0.4) is 0 Å². The van der Waals surface area contributed by atoms with Crippen molar-refractivity contribution in [1.82, 2.24) is 4.98 Å². The number of benzene rings is 2. The highest BCUT2D eigenvalue weighted by molar-refractivity contribution is 6.32. The van der Waals surface area contributed by atoms with Crippen LogP contribution in [0.4, 0.5) is 11.4 Å². The number of hydrogen-bond acceptors (Lipinski definition) is 7. The lowest BCUT2D eigenvalue weighted by Crippen LogP contribution is -2.21. The van der Waals surface area contributed by atoms with Gasteiger partial charge in [-0.05, 0) is 42.8 Å². The van der Waals surface area contributed by atoms with Gasteiger partial charge in [-0.1, -0.05) is 24.3 Å². The summed E-state index contributed by atoms with van der Waals surface area (Å²) in [5.74, 6) is 0.764. The summed E-state index contributed by atoms with van der Waals surface area (Å²) in [5, 5.41) is 16.5. The Kier molecular flexibility index (Phi) is 5.63. The molecule has 32 heavy (non-hydrogen) atoms. The van der Waals surface area contributed by atoms with Crippen LogP contribution < -0.4 is 14.5 Å². The molecule has 3 aromatic rings. The van der Waals surface area contributed by atoms with Gasteiger partial charge in [0, 0.05) is 12.1 Å². The molecule has 0 atom stereocenters. The molecular weight excluding hydrogens is 412 g/mol. The summed E-state index contributed by atoms with van der Waals surface area (Å²) in [7, 11) is 1.49. The molecule has 0 fully saturated rings. The highest BCUT2D eigenvalue weighted by Gasteiger charge is 2.28. The first-order valence-corrected chi connectivity index (χ1v) is 9.59. The Bertz CT molecular complexity index is 1240. The van der Waals surface area contributed by atoms with Crippen LogP contribution in [-0.4, -0.2) is 28.6 Å². The predicted molar refractivity (Wildman–Crippen MR) is 119 cm³/mol. The van der Waals surface area contributed by atoms with Crippen molar-refractivity contribution in [3.05, 3.63) is 88.1 Å². The lowest BCUT2D eigenvalue weighted by atomic mass is 10.1. The van der Waals surface area contributed by atoms with Gasteiger partial charge in [-0.15, -0.1) is 0 Å². The molecule has 1 aliphatic heterocycles. The van der Waals surface area contributed by atoms with Crippen LogP contribution in [0, 0.1) is 10.1 Å². The van der Waals surface area contributed by atoms with Gasteiger partial charge in [0.25, 0.3) is 11.6 Å². The minimum absolute atomic E-state index is 0.130. The molecule has 2 aromatic carbocycles. The van der Waals surface area contributed by atoms with E-state index in [1.807, 2.05) is 30.3 Å². The molecule has 0 bridgehead atoms. The smallest absolute Gasteiger partial charge is 0.287 e. The number of para-hydroxylation sites is 1. The average Bonchev–Trinajstić information content (AvgIpc) is 3.09. The largest absolute Gasteiger partial charge is 0.493 e. The Morgan fingerprint density at radius 1 is 1.06 bits per heavy atom. The first-order valence-electron chi connectivity index (χ1n) is 9.59. The second kappa shape index (κ2) is 8.68. The summed E-state index contributed by atoms with van der Waals surface area (Å²) in [5.41, 5.74) is 2.36. The predicted octanol–water partition coefficient (Wildman–Crippen LogP) is 4.60. The lowest BCUT2D eigenvalue weighted by Gasteiger charge is -2.12. The van der Waals surface area contributed by atoms with Crippen LogP contribution in [0.5, 0.6) is 17.4 Å². The van der Waals surface area contributed by atoms with E-state index in [2.05, 4.69) is 10.1 Å². The summed E-state index contributed by atoms with van der Waals surface area (Å²) in [6.07, 6.45) is 2.85. The van der Waals surface area contributed by atoms with E-state index in [9.17, 15) is 14.9 Å². The van der Waals surface area contributed by atoms with Gasteiger partial charge < -0.3 is 9.47 Å². The van der Waals surface area contributed by atoms with Crippen molar-refractivity contribution in [2.75, 3.05) is 12.1 Å². The van der Waals surface area contributed by atoms with Crippen molar-refractivity contribution in [2.45, 2.75) is 6.92 Å². The number of pyridine rings is 1. The third-order valence-electron chi connectivity index (χ3n) is 4.71. The summed E-state index contributed by atoms with van der Waals surface area (Å²) in [6.45, 7) is 1.78. The fourth-order valence-electron chi connectivity index (χ4n) is 3.11. The first-order chi connectivity index (χ1) is 15.5. The van der Waals surface area contributed by atoms with Gasteiger partial charge in [-0.3, -0.25) is 14.9 Å². The van der Waals surface area contributed by atoms with Crippen LogP contribution >= 0.6 is 0 Å². The molecule has 2 heterocycles. The van der Waals surface area contributed by atoms with Gasteiger partial charge >= 0.3 is 0 Å². The van der Waals surface area contributed by atoms with E-state index in [0.717, 1.165) is 11.8 Å². The molecule has 0 aliphatic carbocycles. The Labute approximate surface area is 183 Å². The first kappa shape index (κ1) is 20.7. The van der Waals surface area contributed by atoms with Gasteiger partial charge in [-0.25, -0.2) is 4.98 Å². The second-order valence-electron chi connectivity index (χ2n) is 6.82. The number of ether oxygens (including phenoxy) is 2. The van der Waals surface area contributed by atoms with E-state index in [1.54, 1.807) is 31.2 Å². The van der Waals surface area contributed by atoms with E-state index < -0.39 is 4.92 Å². The van der Waals surface area contributed by atoms with E-state index >= 15 is 0 Å². The summed E-state index contributed by atoms with van der Waals surface area (Å²) in [6, 6.07) is 17.1. The Morgan fingerprint density at radius 2 is 1.84 bits per heavy atom. The molecule has 9 nitrogen and oxygen atoms in total. The van der Waals surface area contributed by atoms with Crippen molar-refractivity contribution < 1.29 is 19.2 Å². The SMILES string of the molecule is COc1cc(C=C2C(=O)N(c3ccccc3)N=C2C)ccc1Oc1ccc([N+](=O)[O-])cn1. The average molecular weight is 430 g/mol. The van der Waals surface area contributed by atoms with Crippen molar-refractivity contribution in [1.29, 1.82) is 0 Å². The molecule has 1 amide bonds. The minimum Gasteiger partial charge on any atom is -0.493 e. The molecule has 0 saturated heterocycles. The molecule has 0 radical (unpaired) electrons. The number of carbonyl (C=O) groups is 1. The highest BCUT2D eigenvalue weighted by atomic mass is 16.6. The number of methoxy groups -OCH3 is 1. The molecule has 0 spiro atoms. The molecule has 4 rings (SSSR count). The number of amides is 1. The van der Waals surface area contributed by atoms with Gasteiger partial charge in [0.2, 0.25) is 5.88 Å². The maximum absolute atomic E-state index is 12.9. The molecule has 0 saturated carbocycles. The van der Waals surface area contributed by atoms with E-state index in [1.165, 1.54) is 24.3 Å². The molecule has 160 valence electrons. The molecule has 9 heteroatoms. The zero-order valence-corrected chi connectivity index (χ0v) is 17.3. The highest BCUT2D eigenvalue weighted by Crippen LogP contribution is 2.33. The fourth-order valence-corrected chi connectivity index (χ4v) is 3.11. The number of hydrogen-bond donors (Lipinski definition) is 0. The van der Waals surface area contributed by atoms with Gasteiger partial charge in [-0.2, -0.15) is 10.1 Å². The third kappa shape index (κ3) is 4.17.